The number of nitrogens with one attached hydrogen (secondary N) is 2. The van der Waals surface area contributed by atoms with Crippen molar-refractivity contribution < 1.29 is 18.0 Å². The Kier molecular flexibility index (Phi) is 5.18. The van der Waals surface area contributed by atoms with E-state index in [9.17, 15) is 18.0 Å². The summed E-state index contributed by atoms with van der Waals surface area (Å²) in [5.41, 5.74) is 6.13. The highest BCUT2D eigenvalue weighted by Crippen LogP contribution is 2.22. The lowest BCUT2D eigenvalue weighted by atomic mass is 10.1. The van der Waals surface area contributed by atoms with Crippen LogP contribution in [0, 0.1) is 0 Å². The monoisotopic (exact) mass is 398 g/mol. The number of rotatable bonds is 6. The first kappa shape index (κ1) is 19.2. The maximum Gasteiger partial charge on any atom is 0.265 e. The number of amides is 2. The minimum Gasteiger partial charge on any atom is -0.364 e. The number of anilines is 2. The summed E-state index contributed by atoms with van der Waals surface area (Å²) in [7, 11) is -2.52. The van der Waals surface area contributed by atoms with Gasteiger partial charge in [-0.15, -0.1) is 0 Å². The van der Waals surface area contributed by atoms with Gasteiger partial charge in [0.1, 0.15) is 10.6 Å². The molecule has 0 aliphatic rings. The van der Waals surface area contributed by atoms with Crippen LogP contribution in [0.5, 0.6) is 0 Å². The molecule has 4 N–H and O–H groups in total. The van der Waals surface area contributed by atoms with Crippen LogP contribution in [0.1, 0.15) is 20.8 Å². The molecule has 0 fully saturated rings. The van der Waals surface area contributed by atoms with Gasteiger partial charge in [-0.3, -0.25) is 14.3 Å². The third kappa shape index (κ3) is 4.04. The molecule has 8 nitrogen and oxygen atoms in total. The Morgan fingerprint density at radius 3 is 2.29 bits per heavy atom. The first-order valence-corrected chi connectivity index (χ1v) is 9.70. The fourth-order valence-corrected chi connectivity index (χ4v) is 3.77. The van der Waals surface area contributed by atoms with Crippen molar-refractivity contribution >= 4 is 33.2 Å². The van der Waals surface area contributed by atoms with Crippen LogP contribution in [0.2, 0.25) is 0 Å². The summed E-state index contributed by atoms with van der Waals surface area (Å²) in [4.78, 5) is 23.8. The highest BCUT2D eigenvalue weighted by atomic mass is 32.2. The quantitative estimate of drug-likeness (QED) is 0.589. The first-order valence-electron chi connectivity index (χ1n) is 8.22. The van der Waals surface area contributed by atoms with E-state index in [2.05, 4.69) is 10.0 Å². The second kappa shape index (κ2) is 7.57. The van der Waals surface area contributed by atoms with Crippen molar-refractivity contribution in [2.75, 3.05) is 10.0 Å². The standard InChI is InChI=1S/C19H18N4O4S/c1-23-12-14(11-17(23)18(20)24)28(26,27)22-16-10-6-5-9-15(16)19(25)21-13-7-3-2-4-8-13/h2-12,22H,1H3,(H2,20,24)(H,21,25). The van der Waals surface area contributed by atoms with Crippen LogP contribution in [-0.2, 0) is 17.1 Å². The van der Waals surface area contributed by atoms with Gasteiger partial charge in [-0.2, -0.15) is 0 Å². The van der Waals surface area contributed by atoms with E-state index < -0.39 is 21.8 Å². The fourth-order valence-electron chi connectivity index (χ4n) is 2.62. The normalized spacial score (nSPS) is 11.0. The van der Waals surface area contributed by atoms with E-state index in [4.69, 9.17) is 5.73 Å². The van der Waals surface area contributed by atoms with Crippen molar-refractivity contribution in [3.8, 4) is 0 Å². The largest absolute Gasteiger partial charge is 0.364 e. The molecule has 2 amide bonds. The molecule has 0 unspecified atom stereocenters. The van der Waals surface area contributed by atoms with Crippen LogP contribution >= 0.6 is 0 Å². The second-order valence-corrected chi connectivity index (χ2v) is 7.69. The third-order valence-corrected chi connectivity index (χ3v) is 5.32. The summed E-state index contributed by atoms with van der Waals surface area (Å²) in [6.45, 7) is 0. The van der Waals surface area contributed by atoms with Gasteiger partial charge in [0, 0.05) is 18.9 Å². The van der Waals surface area contributed by atoms with Crippen molar-refractivity contribution in [2.24, 2.45) is 12.8 Å². The number of nitrogens with zero attached hydrogens (tertiary/aromatic N) is 1. The lowest BCUT2D eigenvalue weighted by molar-refractivity contribution is 0.0990. The predicted octanol–water partition coefficient (Wildman–Crippen LogP) is 2.18. The summed E-state index contributed by atoms with van der Waals surface area (Å²) in [6.07, 6.45) is 1.27. The summed E-state index contributed by atoms with van der Waals surface area (Å²) in [5, 5.41) is 2.71. The topological polar surface area (TPSA) is 123 Å². The molecule has 0 saturated carbocycles. The number of aromatic nitrogens is 1. The molecule has 0 aliphatic carbocycles. The molecule has 1 heterocycles. The van der Waals surface area contributed by atoms with Gasteiger partial charge in [-0.25, -0.2) is 8.42 Å². The molecule has 9 heteroatoms. The zero-order valence-electron chi connectivity index (χ0n) is 14.9. The lowest BCUT2D eigenvalue weighted by Crippen LogP contribution is -2.18. The molecule has 144 valence electrons. The summed E-state index contributed by atoms with van der Waals surface area (Å²) < 4.78 is 29.1. The smallest absolute Gasteiger partial charge is 0.265 e. The van der Waals surface area contributed by atoms with Gasteiger partial charge in [-0.1, -0.05) is 30.3 Å². The average Bonchev–Trinajstić information content (AvgIpc) is 3.06. The van der Waals surface area contributed by atoms with Gasteiger partial charge in [0.25, 0.3) is 21.8 Å². The molecule has 0 spiro atoms. The molecular formula is C19H18N4O4S. The van der Waals surface area contributed by atoms with Crippen LogP contribution in [0.4, 0.5) is 11.4 Å². The third-order valence-electron chi connectivity index (χ3n) is 3.99. The minimum atomic E-state index is -4.04. The SMILES string of the molecule is Cn1cc(S(=O)(=O)Nc2ccccc2C(=O)Nc2ccccc2)cc1C(N)=O. The van der Waals surface area contributed by atoms with Crippen LogP contribution < -0.4 is 15.8 Å². The van der Waals surface area contributed by atoms with Crippen LogP contribution in [0.3, 0.4) is 0 Å². The maximum absolute atomic E-state index is 12.7. The van der Waals surface area contributed by atoms with Crippen LogP contribution in [-0.4, -0.2) is 24.8 Å². The molecular weight excluding hydrogens is 380 g/mol. The molecule has 0 aliphatic heterocycles. The van der Waals surface area contributed by atoms with Gasteiger partial charge in [0.2, 0.25) is 0 Å². The Balaban J connectivity index is 1.89. The van der Waals surface area contributed by atoms with Gasteiger partial charge in [0.15, 0.2) is 0 Å². The fraction of sp³-hybridized carbons (Fsp3) is 0.0526. The maximum atomic E-state index is 12.7. The van der Waals surface area contributed by atoms with Gasteiger partial charge in [0.05, 0.1) is 11.3 Å². The van der Waals surface area contributed by atoms with Crippen molar-refractivity contribution in [3.63, 3.8) is 0 Å². The molecule has 3 aromatic rings. The number of aryl methyl sites for hydroxylation is 1. The number of para-hydroxylation sites is 2. The van der Waals surface area contributed by atoms with Gasteiger partial charge >= 0.3 is 0 Å². The number of carbonyl (C=O) groups is 2. The summed E-state index contributed by atoms with van der Waals surface area (Å²) in [6, 6.07) is 16.2. The van der Waals surface area contributed by atoms with Crippen LogP contribution in [0.15, 0.2) is 71.8 Å². The van der Waals surface area contributed by atoms with E-state index >= 15 is 0 Å². The zero-order chi connectivity index (χ0) is 20.3. The van der Waals surface area contributed by atoms with Crippen molar-refractivity contribution in [3.05, 3.63) is 78.1 Å². The van der Waals surface area contributed by atoms with Crippen molar-refractivity contribution in [1.82, 2.24) is 4.57 Å². The average molecular weight is 398 g/mol. The van der Waals surface area contributed by atoms with E-state index in [-0.39, 0.29) is 21.8 Å². The van der Waals surface area contributed by atoms with E-state index in [0.29, 0.717) is 5.69 Å². The van der Waals surface area contributed by atoms with Crippen LogP contribution in [0.25, 0.3) is 0 Å². The van der Waals surface area contributed by atoms with Crippen molar-refractivity contribution in [2.45, 2.75) is 4.90 Å². The number of primary amides is 1. The Morgan fingerprint density at radius 1 is 1.00 bits per heavy atom. The lowest BCUT2D eigenvalue weighted by Gasteiger charge is -2.12. The Bertz CT molecular complexity index is 1140. The summed E-state index contributed by atoms with van der Waals surface area (Å²) in [5.74, 6) is -1.21. The van der Waals surface area contributed by atoms with E-state index in [1.807, 2.05) is 6.07 Å². The number of hydrogen-bond donors (Lipinski definition) is 3. The van der Waals surface area contributed by atoms with E-state index in [1.165, 1.54) is 36.0 Å². The second-order valence-electron chi connectivity index (χ2n) is 6.01. The first-order chi connectivity index (χ1) is 13.3. The molecule has 3 rings (SSSR count). The number of carbonyl (C=O) groups excluding carboxylic acids is 2. The van der Waals surface area contributed by atoms with E-state index in [1.54, 1.807) is 36.4 Å². The number of sulfonamides is 1. The number of nitrogens with two attached hydrogens (primary N) is 1. The predicted molar refractivity (Wildman–Crippen MR) is 106 cm³/mol. The highest BCUT2D eigenvalue weighted by Gasteiger charge is 2.22. The highest BCUT2D eigenvalue weighted by molar-refractivity contribution is 7.92. The zero-order valence-corrected chi connectivity index (χ0v) is 15.7. The van der Waals surface area contributed by atoms with Gasteiger partial charge in [-0.05, 0) is 30.3 Å². The molecule has 28 heavy (non-hydrogen) atoms. The Labute approximate surface area is 162 Å². The van der Waals surface area contributed by atoms with Crippen molar-refractivity contribution in [1.29, 1.82) is 0 Å². The van der Waals surface area contributed by atoms with Gasteiger partial charge < -0.3 is 15.6 Å². The molecule has 0 saturated heterocycles. The Morgan fingerprint density at radius 2 is 1.64 bits per heavy atom. The molecule has 1 aromatic heterocycles. The van der Waals surface area contributed by atoms with E-state index in [0.717, 1.165) is 0 Å². The Hall–Kier alpha value is -3.59. The molecule has 0 radical (unpaired) electrons. The molecule has 0 atom stereocenters. The minimum absolute atomic E-state index is 0.0514. The summed E-state index contributed by atoms with van der Waals surface area (Å²) >= 11 is 0. The molecule has 2 aromatic carbocycles. The number of hydrogen-bond acceptors (Lipinski definition) is 4. The number of benzene rings is 2. The molecule has 0 bridgehead atoms.